The maximum absolute atomic E-state index is 13.7. The minimum Gasteiger partial charge on any atom is -0.335 e. The lowest BCUT2D eigenvalue weighted by molar-refractivity contribution is -0.171. The first kappa shape index (κ1) is 28.5. The van der Waals surface area contributed by atoms with Gasteiger partial charge in [-0.1, -0.05) is 6.92 Å². The van der Waals surface area contributed by atoms with Gasteiger partial charge in [0, 0.05) is 50.6 Å². The average molecular weight is 541 g/mol. The van der Waals surface area contributed by atoms with E-state index in [-0.39, 0.29) is 36.1 Å². The fourth-order valence-electron chi connectivity index (χ4n) is 4.19. The molecule has 36 heavy (non-hydrogen) atoms. The molecule has 2 aliphatic rings. The maximum atomic E-state index is 13.7. The lowest BCUT2D eigenvalue weighted by atomic mass is 10.0. The molecule has 0 radical (unpaired) electrons. The molecule has 0 aromatic carbocycles. The van der Waals surface area contributed by atoms with Gasteiger partial charge in [0.2, 0.25) is 11.8 Å². The summed E-state index contributed by atoms with van der Waals surface area (Å²) in [6.07, 6.45) is 2.41. The van der Waals surface area contributed by atoms with Gasteiger partial charge in [-0.2, -0.15) is 16.8 Å². The predicted molar refractivity (Wildman–Crippen MR) is 139 cm³/mol. The Balaban J connectivity index is 1.98. The number of carbonyl (C=O) groups is 3. The summed E-state index contributed by atoms with van der Waals surface area (Å²) in [5.41, 5.74) is 0.384. The highest BCUT2D eigenvalue weighted by Gasteiger charge is 2.52. The van der Waals surface area contributed by atoms with E-state index in [9.17, 15) is 18.6 Å². The van der Waals surface area contributed by atoms with Crippen molar-refractivity contribution >= 4 is 40.5 Å². The molecule has 3 heterocycles. The van der Waals surface area contributed by atoms with Crippen molar-refractivity contribution in [1.29, 1.82) is 0 Å². The third-order valence-electron chi connectivity index (χ3n) is 5.98. The van der Waals surface area contributed by atoms with E-state index in [1.165, 1.54) is 11.1 Å². The lowest BCUT2D eigenvalue weighted by Gasteiger charge is -2.54. The first-order valence-corrected chi connectivity index (χ1v) is 14.4. The van der Waals surface area contributed by atoms with E-state index in [4.69, 9.17) is 4.84 Å². The van der Waals surface area contributed by atoms with Gasteiger partial charge in [0.1, 0.15) is 18.2 Å². The monoisotopic (exact) mass is 540 g/mol. The molecule has 11 nitrogen and oxygen atoms in total. The van der Waals surface area contributed by atoms with E-state index in [0.29, 0.717) is 24.5 Å². The van der Waals surface area contributed by atoms with Crippen molar-refractivity contribution in [3.8, 4) is 0 Å². The van der Waals surface area contributed by atoms with Gasteiger partial charge in [-0.3, -0.25) is 24.2 Å². The van der Waals surface area contributed by atoms with Crippen molar-refractivity contribution < 1.29 is 23.4 Å². The van der Waals surface area contributed by atoms with E-state index < -0.39 is 29.2 Å². The minimum atomic E-state index is -1.49. The topological polar surface area (TPSA) is 115 Å². The molecular formula is C23H36N6O5S2. The van der Waals surface area contributed by atoms with Crippen LogP contribution in [0.4, 0.5) is 0 Å². The van der Waals surface area contributed by atoms with E-state index in [1.54, 1.807) is 72.9 Å². The number of pyridine rings is 1. The Morgan fingerprint density at radius 1 is 1.31 bits per heavy atom. The standard InChI is InChI=1S/C23H36N6O5S2/c1-6-35-15-19-23(32)27(10-11-34-26(4)5)14-20-28(21(30)17-8-7-9-24-12-17)13-18(22(31)29(19)20)25-36(33)16(2)3/h7-9,12,16,18-20,25H,6,10-11,13-15H2,1-5H3/t18-,19-,20?,36?/m0/s1. The summed E-state index contributed by atoms with van der Waals surface area (Å²) < 4.78 is 15.5. The number of amides is 3. The molecule has 4 atom stereocenters. The van der Waals surface area contributed by atoms with E-state index >= 15 is 0 Å². The fourth-order valence-corrected chi connectivity index (χ4v) is 5.68. The predicted octanol–water partition coefficient (Wildman–Crippen LogP) is 0.180. The SMILES string of the molecule is CCSC[C@H]1C(=O)N(CCON(C)C)CC2N(C(=O)c3cccnc3)C[C@H](NS(=O)C(C)C)C(=O)N21. The van der Waals surface area contributed by atoms with Gasteiger partial charge in [-0.15, -0.1) is 0 Å². The van der Waals surface area contributed by atoms with Crippen LogP contribution in [0.1, 0.15) is 31.1 Å². The number of carbonyl (C=O) groups excluding carboxylic acids is 3. The van der Waals surface area contributed by atoms with E-state index in [1.807, 2.05) is 6.92 Å². The van der Waals surface area contributed by atoms with Crippen LogP contribution in [0.15, 0.2) is 24.5 Å². The van der Waals surface area contributed by atoms with Crippen LogP contribution in [-0.4, -0.2) is 122 Å². The Kier molecular flexibility index (Phi) is 10.3. The van der Waals surface area contributed by atoms with Crippen LogP contribution in [0.2, 0.25) is 0 Å². The molecular weight excluding hydrogens is 504 g/mol. The zero-order chi connectivity index (χ0) is 26.4. The lowest BCUT2D eigenvalue weighted by Crippen LogP contribution is -2.76. The first-order chi connectivity index (χ1) is 17.1. The van der Waals surface area contributed by atoms with Crippen molar-refractivity contribution in [2.75, 3.05) is 51.8 Å². The molecule has 2 fully saturated rings. The molecule has 0 bridgehead atoms. The summed E-state index contributed by atoms with van der Waals surface area (Å²) in [7, 11) is 2.05. The molecule has 3 rings (SSSR count). The number of piperazine rings is 1. The molecule has 2 aliphatic heterocycles. The number of hydrogen-bond donors (Lipinski definition) is 1. The number of thioether (sulfide) groups is 1. The number of hydroxylamine groups is 2. The number of rotatable bonds is 11. The highest BCUT2D eigenvalue weighted by molar-refractivity contribution is 7.99. The zero-order valence-corrected chi connectivity index (χ0v) is 23.1. The van der Waals surface area contributed by atoms with Gasteiger partial charge in [0.05, 0.1) is 29.7 Å². The average Bonchev–Trinajstić information content (AvgIpc) is 2.85. The first-order valence-electron chi connectivity index (χ1n) is 12.0. The van der Waals surface area contributed by atoms with Crippen LogP contribution in [0, 0.1) is 0 Å². The molecule has 1 N–H and O–H groups in total. The molecule has 13 heteroatoms. The Labute approximate surface area is 219 Å². The second-order valence-corrected chi connectivity index (χ2v) is 12.1. The third-order valence-corrected chi connectivity index (χ3v) is 8.31. The van der Waals surface area contributed by atoms with Gasteiger partial charge >= 0.3 is 0 Å². The molecule has 0 saturated carbocycles. The van der Waals surface area contributed by atoms with Crippen LogP contribution in [0.5, 0.6) is 0 Å². The number of hydrogen-bond acceptors (Lipinski definition) is 8. The Bertz CT molecular complexity index is 950. The van der Waals surface area contributed by atoms with Crippen LogP contribution >= 0.6 is 11.8 Å². The van der Waals surface area contributed by atoms with Gasteiger partial charge in [0.15, 0.2) is 0 Å². The molecule has 2 saturated heterocycles. The summed E-state index contributed by atoms with van der Waals surface area (Å²) >= 11 is 1.56. The fraction of sp³-hybridized carbons (Fsp3) is 0.652. The Hall–Kier alpha value is -2.06. The summed E-state index contributed by atoms with van der Waals surface area (Å²) in [5, 5.41) is 1.35. The van der Waals surface area contributed by atoms with Gasteiger partial charge in [-0.25, -0.2) is 8.93 Å². The Morgan fingerprint density at radius 3 is 2.67 bits per heavy atom. The number of nitrogens with zero attached hydrogens (tertiary/aromatic N) is 5. The normalized spacial score (nSPS) is 23.4. The van der Waals surface area contributed by atoms with Crippen LogP contribution in [0.25, 0.3) is 0 Å². The van der Waals surface area contributed by atoms with Gasteiger partial charge in [-0.05, 0) is 31.7 Å². The van der Waals surface area contributed by atoms with Crippen LogP contribution in [0.3, 0.4) is 0 Å². The third kappa shape index (κ3) is 6.62. The molecule has 2 unspecified atom stereocenters. The molecule has 200 valence electrons. The number of aromatic nitrogens is 1. The summed E-state index contributed by atoms with van der Waals surface area (Å²) in [6, 6.07) is 1.71. The molecule has 1 aromatic heterocycles. The van der Waals surface area contributed by atoms with Crippen molar-refractivity contribution in [2.24, 2.45) is 0 Å². The highest BCUT2D eigenvalue weighted by Crippen LogP contribution is 2.29. The summed E-state index contributed by atoms with van der Waals surface area (Å²) in [6.45, 7) is 6.40. The van der Waals surface area contributed by atoms with E-state index in [0.717, 1.165) is 5.75 Å². The van der Waals surface area contributed by atoms with Crippen LogP contribution in [-0.2, 0) is 25.4 Å². The summed E-state index contributed by atoms with van der Waals surface area (Å²) in [5.74, 6) is 0.383. The smallest absolute Gasteiger partial charge is 0.257 e. The summed E-state index contributed by atoms with van der Waals surface area (Å²) in [4.78, 5) is 55.3. The minimum absolute atomic E-state index is 0.0378. The maximum Gasteiger partial charge on any atom is 0.257 e. The van der Waals surface area contributed by atoms with Crippen molar-refractivity contribution in [3.63, 3.8) is 0 Å². The molecule has 0 aliphatic carbocycles. The van der Waals surface area contributed by atoms with Gasteiger partial charge < -0.3 is 14.7 Å². The van der Waals surface area contributed by atoms with Crippen molar-refractivity contribution in [3.05, 3.63) is 30.1 Å². The largest absolute Gasteiger partial charge is 0.335 e. The molecule has 3 amide bonds. The van der Waals surface area contributed by atoms with Crippen LogP contribution < -0.4 is 4.72 Å². The second kappa shape index (κ2) is 13.0. The number of fused-ring (bicyclic) bond motifs is 1. The number of nitrogens with one attached hydrogen (secondary N) is 1. The quantitative estimate of drug-likeness (QED) is 0.396. The van der Waals surface area contributed by atoms with Crippen molar-refractivity contribution in [1.82, 2.24) is 29.5 Å². The van der Waals surface area contributed by atoms with Gasteiger partial charge in [0.25, 0.3) is 5.91 Å². The van der Waals surface area contributed by atoms with Crippen molar-refractivity contribution in [2.45, 2.75) is 44.3 Å². The Morgan fingerprint density at radius 2 is 2.06 bits per heavy atom. The zero-order valence-electron chi connectivity index (χ0n) is 21.5. The van der Waals surface area contributed by atoms with E-state index in [2.05, 4.69) is 9.71 Å². The molecule has 1 aromatic rings. The highest BCUT2D eigenvalue weighted by atomic mass is 32.2. The molecule has 0 spiro atoms. The second-order valence-electron chi connectivity index (χ2n) is 9.05.